The minimum Gasteiger partial charge on any atom is -0.495 e. The minimum absolute atomic E-state index is 0.320. The Morgan fingerprint density at radius 2 is 1.74 bits per heavy atom. The van der Waals surface area contributed by atoms with Crippen molar-refractivity contribution in [2.45, 2.75) is 19.4 Å². The monoisotopic (exact) mass is 464 g/mol. The first kappa shape index (κ1) is 23.6. The van der Waals surface area contributed by atoms with Gasteiger partial charge in [0.15, 0.2) is 0 Å². The van der Waals surface area contributed by atoms with Crippen LogP contribution in [0.15, 0.2) is 59.8 Å². The molecule has 1 saturated heterocycles. The van der Waals surface area contributed by atoms with E-state index in [2.05, 4.69) is 33.4 Å². The molecule has 0 aliphatic carbocycles. The van der Waals surface area contributed by atoms with Crippen LogP contribution in [0.5, 0.6) is 5.75 Å². The zero-order chi connectivity index (χ0) is 24.1. The molecule has 34 heavy (non-hydrogen) atoms. The van der Waals surface area contributed by atoms with Crippen molar-refractivity contribution in [3.63, 3.8) is 0 Å². The van der Waals surface area contributed by atoms with Crippen LogP contribution in [0.25, 0.3) is 0 Å². The van der Waals surface area contributed by atoms with E-state index >= 15 is 0 Å². The van der Waals surface area contributed by atoms with Crippen molar-refractivity contribution in [3.8, 4) is 5.75 Å². The fraction of sp³-hybridized carbons (Fsp3) is 0.385. The molecule has 1 fully saturated rings. The van der Waals surface area contributed by atoms with Crippen molar-refractivity contribution in [1.29, 1.82) is 0 Å². The van der Waals surface area contributed by atoms with Crippen molar-refractivity contribution in [3.05, 3.63) is 70.9 Å². The second-order valence-electron chi connectivity index (χ2n) is 8.45. The van der Waals surface area contributed by atoms with E-state index in [1.807, 2.05) is 42.5 Å². The highest BCUT2D eigenvalue weighted by Gasteiger charge is 2.34. The molecular formula is C26H32N4O4. The quantitative estimate of drug-likeness (QED) is 0.614. The number of rotatable bonds is 7. The van der Waals surface area contributed by atoms with E-state index in [-0.39, 0.29) is 6.03 Å². The van der Waals surface area contributed by atoms with Crippen LogP contribution in [0.4, 0.5) is 10.5 Å². The van der Waals surface area contributed by atoms with Gasteiger partial charge in [-0.3, -0.25) is 4.90 Å². The molecule has 0 bridgehead atoms. The van der Waals surface area contributed by atoms with Gasteiger partial charge < -0.3 is 25.0 Å². The van der Waals surface area contributed by atoms with Gasteiger partial charge in [-0.2, -0.15) is 0 Å². The number of benzene rings is 2. The maximum Gasteiger partial charge on any atom is 0.338 e. The number of aryl methyl sites for hydroxylation is 1. The van der Waals surface area contributed by atoms with Crippen LogP contribution in [-0.4, -0.2) is 63.8 Å². The third-order valence-electron chi connectivity index (χ3n) is 6.46. The number of para-hydroxylation sites is 2. The predicted octanol–water partition coefficient (Wildman–Crippen LogP) is 2.86. The molecule has 2 heterocycles. The van der Waals surface area contributed by atoms with Crippen LogP contribution in [0.2, 0.25) is 0 Å². The second-order valence-corrected chi connectivity index (χ2v) is 8.45. The van der Waals surface area contributed by atoms with E-state index in [1.54, 1.807) is 7.11 Å². The number of anilines is 1. The predicted molar refractivity (Wildman–Crippen MR) is 131 cm³/mol. The Morgan fingerprint density at radius 3 is 2.38 bits per heavy atom. The maximum atomic E-state index is 12.8. The average Bonchev–Trinajstić information content (AvgIpc) is 2.88. The van der Waals surface area contributed by atoms with Gasteiger partial charge in [0, 0.05) is 38.4 Å². The number of urea groups is 1. The zero-order valence-electron chi connectivity index (χ0n) is 20.0. The molecule has 180 valence electrons. The number of nitrogens with one attached hydrogen (secondary N) is 2. The van der Waals surface area contributed by atoms with E-state index in [0.717, 1.165) is 49.6 Å². The summed E-state index contributed by atoms with van der Waals surface area (Å²) in [4.78, 5) is 29.9. The highest BCUT2D eigenvalue weighted by molar-refractivity contribution is 5.95. The Hall–Kier alpha value is -3.52. The van der Waals surface area contributed by atoms with Crippen molar-refractivity contribution in [2.75, 3.05) is 51.8 Å². The lowest BCUT2D eigenvalue weighted by atomic mass is 9.94. The summed E-state index contributed by atoms with van der Waals surface area (Å²) in [6.07, 6.45) is 0.921. The number of carbonyl (C=O) groups excluding carboxylic acids is 2. The van der Waals surface area contributed by atoms with Crippen LogP contribution in [0.3, 0.4) is 0 Å². The Bertz CT molecular complexity index is 1060. The number of piperazine rings is 1. The van der Waals surface area contributed by atoms with Gasteiger partial charge in [-0.1, -0.05) is 43.3 Å². The lowest BCUT2D eigenvalue weighted by Crippen LogP contribution is -2.51. The molecule has 2 N–H and O–H groups in total. The molecule has 2 amide bonds. The zero-order valence-corrected chi connectivity index (χ0v) is 20.0. The summed E-state index contributed by atoms with van der Waals surface area (Å²) >= 11 is 0. The lowest BCUT2D eigenvalue weighted by Gasteiger charge is -2.38. The number of carbonyl (C=O) groups is 2. The van der Waals surface area contributed by atoms with Crippen LogP contribution >= 0.6 is 0 Å². The first-order valence-corrected chi connectivity index (χ1v) is 11.6. The first-order chi connectivity index (χ1) is 16.5. The van der Waals surface area contributed by atoms with Crippen molar-refractivity contribution < 1.29 is 19.1 Å². The van der Waals surface area contributed by atoms with Gasteiger partial charge in [-0.05, 0) is 29.7 Å². The Kier molecular flexibility index (Phi) is 7.37. The average molecular weight is 465 g/mol. The highest BCUT2D eigenvalue weighted by atomic mass is 16.5. The molecule has 0 aromatic heterocycles. The van der Waals surface area contributed by atoms with Crippen molar-refractivity contribution in [2.24, 2.45) is 0 Å². The molecule has 2 aliphatic rings. The number of hydrogen-bond donors (Lipinski definition) is 2. The second kappa shape index (κ2) is 10.6. The Balaban J connectivity index is 1.54. The smallest absolute Gasteiger partial charge is 0.338 e. The molecule has 2 aromatic carbocycles. The standard InChI is InChI=1S/C26H32N4O4/c1-4-18-9-11-19(12-10-18)24-23(25(31)34-3)20(27-26(32)28-24)17-29-13-15-30(16-14-29)21-7-5-6-8-22(21)33-2/h5-12,24H,4,13-17H2,1-3H3,(H2,27,28,32). The molecule has 1 unspecified atom stereocenters. The van der Waals surface area contributed by atoms with Gasteiger partial charge in [0.25, 0.3) is 0 Å². The molecule has 0 radical (unpaired) electrons. The normalized spacial score (nSPS) is 18.9. The van der Waals surface area contributed by atoms with Crippen molar-refractivity contribution in [1.82, 2.24) is 15.5 Å². The summed E-state index contributed by atoms with van der Waals surface area (Å²) in [6, 6.07) is 15.1. The minimum atomic E-state index is -0.558. The third kappa shape index (κ3) is 5.02. The summed E-state index contributed by atoms with van der Waals surface area (Å²) in [5.41, 5.74) is 4.15. The summed E-state index contributed by atoms with van der Waals surface area (Å²) in [5.74, 6) is 0.411. The fourth-order valence-corrected chi connectivity index (χ4v) is 4.55. The maximum absolute atomic E-state index is 12.8. The lowest BCUT2D eigenvalue weighted by molar-refractivity contribution is -0.136. The first-order valence-electron chi connectivity index (χ1n) is 11.6. The molecule has 8 heteroatoms. The van der Waals surface area contributed by atoms with E-state index in [9.17, 15) is 9.59 Å². The van der Waals surface area contributed by atoms with Crippen LogP contribution in [0, 0.1) is 0 Å². The number of ether oxygens (including phenoxy) is 2. The highest BCUT2D eigenvalue weighted by Crippen LogP contribution is 2.30. The van der Waals surface area contributed by atoms with E-state index < -0.39 is 12.0 Å². The number of amides is 2. The van der Waals surface area contributed by atoms with Gasteiger partial charge in [0.2, 0.25) is 0 Å². The van der Waals surface area contributed by atoms with Crippen molar-refractivity contribution >= 4 is 17.7 Å². The summed E-state index contributed by atoms with van der Waals surface area (Å²) in [7, 11) is 3.05. The Labute approximate surface area is 200 Å². The molecule has 0 saturated carbocycles. The van der Waals surface area contributed by atoms with E-state index in [1.165, 1.54) is 12.7 Å². The molecule has 2 aromatic rings. The van der Waals surface area contributed by atoms with E-state index in [4.69, 9.17) is 9.47 Å². The molecule has 4 rings (SSSR count). The summed E-state index contributed by atoms with van der Waals surface area (Å²) in [5, 5.41) is 5.76. The molecule has 0 spiro atoms. The Morgan fingerprint density at radius 1 is 1.03 bits per heavy atom. The van der Waals surface area contributed by atoms with Gasteiger partial charge in [0.05, 0.1) is 31.5 Å². The molecule has 1 atom stereocenters. The number of methoxy groups -OCH3 is 2. The molecular weight excluding hydrogens is 432 g/mol. The van der Waals surface area contributed by atoms with Gasteiger partial charge in [-0.15, -0.1) is 0 Å². The van der Waals surface area contributed by atoms with Gasteiger partial charge in [-0.25, -0.2) is 9.59 Å². The van der Waals surface area contributed by atoms with E-state index in [0.29, 0.717) is 17.8 Å². The molecule has 2 aliphatic heterocycles. The van der Waals surface area contributed by atoms with Crippen LogP contribution < -0.4 is 20.3 Å². The summed E-state index contributed by atoms with van der Waals surface area (Å²) in [6.45, 7) is 5.75. The van der Waals surface area contributed by atoms with Gasteiger partial charge in [0.1, 0.15) is 5.75 Å². The summed E-state index contributed by atoms with van der Waals surface area (Å²) < 4.78 is 10.6. The number of nitrogens with zero attached hydrogens (tertiary/aromatic N) is 2. The topological polar surface area (TPSA) is 83.1 Å². The third-order valence-corrected chi connectivity index (χ3v) is 6.46. The number of hydrogen-bond acceptors (Lipinski definition) is 6. The largest absolute Gasteiger partial charge is 0.495 e. The molecule has 8 nitrogen and oxygen atoms in total. The fourth-order valence-electron chi connectivity index (χ4n) is 4.55. The van der Waals surface area contributed by atoms with Crippen LogP contribution in [-0.2, 0) is 16.0 Å². The number of esters is 1. The van der Waals surface area contributed by atoms with Gasteiger partial charge >= 0.3 is 12.0 Å². The van der Waals surface area contributed by atoms with Crippen LogP contribution in [0.1, 0.15) is 24.1 Å². The SMILES string of the molecule is CCc1ccc(C2NC(=O)NC(CN3CCN(c4ccccc4OC)CC3)=C2C(=O)OC)cc1.